The number of aliphatic hydroxyl groups is 1. The van der Waals surface area contributed by atoms with Crippen molar-refractivity contribution in [2.24, 2.45) is 23.1 Å². The van der Waals surface area contributed by atoms with Crippen molar-refractivity contribution in [3.05, 3.63) is 0 Å². The van der Waals surface area contributed by atoms with Crippen LogP contribution in [0.15, 0.2) is 0 Å². The van der Waals surface area contributed by atoms with E-state index in [1.54, 1.807) is 6.92 Å². The van der Waals surface area contributed by atoms with E-state index in [0.717, 1.165) is 0 Å². The molecule has 0 radical (unpaired) electrons. The summed E-state index contributed by atoms with van der Waals surface area (Å²) in [6.45, 7) is 5.80. The Labute approximate surface area is 201 Å². The Morgan fingerprint density at radius 3 is 1.74 bits per heavy atom. The molecular formula is C22H44N6O6. The van der Waals surface area contributed by atoms with Crippen molar-refractivity contribution in [3.63, 3.8) is 0 Å². The molecule has 3 amide bonds. The minimum Gasteiger partial charge on any atom is -0.480 e. The first-order chi connectivity index (χ1) is 16.0. The van der Waals surface area contributed by atoms with E-state index < -0.39 is 54.0 Å². The molecule has 34 heavy (non-hydrogen) atoms. The van der Waals surface area contributed by atoms with Gasteiger partial charge in [-0.05, 0) is 64.5 Å². The Bertz CT molecular complexity index is 647. The number of hydrogen-bond donors (Lipinski definition) is 8. The Kier molecular flexibility index (Phi) is 16.0. The van der Waals surface area contributed by atoms with Gasteiger partial charge in [-0.2, -0.15) is 0 Å². The summed E-state index contributed by atoms with van der Waals surface area (Å²) in [5.74, 6) is -3.37. The molecule has 0 bridgehead atoms. The van der Waals surface area contributed by atoms with Gasteiger partial charge in [0.15, 0.2) is 0 Å². The van der Waals surface area contributed by atoms with Crippen LogP contribution in [0.5, 0.6) is 0 Å². The van der Waals surface area contributed by atoms with Gasteiger partial charge in [0, 0.05) is 0 Å². The van der Waals surface area contributed by atoms with Crippen molar-refractivity contribution in [1.29, 1.82) is 0 Å². The lowest BCUT2D eigenvalue weighted by Gasteiger charge is -2.28. The fourth-order valence-corrected chi connectivity index (χ4v) is 3.22. The minimum atomic E-state index is -1.21. The summed E-state index contributed by atoms with van der Waals surface area (Å²) in [4.78, 5) is 49.9. The van der Waals surface area contributed by atoms with Crippen molar-refractivity contribution in [1.82, 2.24) is 16.0 Å². The number of carboxylic acids is 1. The molecule has 0 aromatic heterocycles. The van der Waals surface area contributed by atoms with Gasteiger partial charge < -0.3 is 43.4 Å². The van der Waals surface area contributed by atoms with Crippen molar-refractivity contribution in [2.75, 3.05) is 13.1 Å². The van der Waals surface area contributed by atoms with Gasteiger partial charge >= 0.3 is 5.97 Å². The van der Waals surface area contributed by atoms with Crippen LogP contribution in [-0.4, -0.2) is 77.3 Å². The zero-order valence-corrected chi connectivity index (χ0v) is 20.6. The predicted molar refractivity (Wildman–Crippen MR) is 128 cm³/mol. The third-order valence-corrected chi connectivity index (χ3v) is 5.76. The summed E-state index contributed by atoms with van der Waals surface area (Å²) in [5, 5.41) is 26.7. The van der Waals surface area contributed by atoms with Gasteiger partial charge in [0.1, 0.15) is 24.2 Å². The predicted octanol–water partition coefficient (Wildman–Crippen LogP) is -1.46. The molecule has 0 rings (SSSR count). The Morgan fingerprint density at radius 1 is 0.794 bits per heavy atom. The molecule has 0 heterocycles. The number of hydrogen-bond acceptors (Lipinski definition) is 8. The first-order valence-electron chi connectivity index (χ1n) is 12.0. The van der Waals surface area contributed by atoms with Gasteiger partial charge in [-0.25, -0.2) is 4.79 Å². The van der Waals surface area contributed by atoms with Gasteiger partial charge in [0.2, 0.25) is 17.7 Å². The largest absolute Gasteiger partial charge is 0.480 e. The highest BCUT2D eigenvalue weighted by Crippen LogP contribution is 2.11. The van der Waals surface area contributed by atoms with Crippen LogP contribution in [-0.2, 0) is 19.2 Å². The number of aliphatic hydroxyl groups excluding tert-OH is 1. The second kappa shape index (κ2) is 17.2. The number of carbonyl (C=O) groups excluding carboxylic acids is 3. The Hall–Kier alpha value is -2.28. The maximum absolute atomic E-state index is 13.1. The highest BCUT2D eigenvalue weighted by Gasteiger charge is 2.32. The number of aliphatic carboxylic acids is 1. The first-order valence-corrected chi connectivity index (χ1v) is 12.0. The summed E-state index contributed by atoms with van der Waals surface area (Å²) in [6, 6.07) is -4.33. The smallest absolute Gasteiger partial charge is 0.326 e. The van der Waals surface area contributed by atoms with Crippen LogP contribution >= 0.6 is 0 Å². The second-order valence-corrected chi connectivity index (χ2v) is 8.67. The average molecular weight is 489 g/mol. The zero-order chi connectivity index (χ0) is 26.3. The molecule has 0 aliphatic rings. The molecule has 0 saturated carbocycles. The first kappa shape index (κ1) is 31.7. The van der Waals surface area contributed by atoms with Crippen molar-refractivity contribution in [2.45, 2.75) is 96.0 Å². The average Bonchev–Trinajstić information content (AvgIpc) is 2.79. The summed E-state index contributed by atoms with van der Waals surface area (Å²) in [5.41, 5.74) is 16.7. The molecule has 0 spiro atoms. The number of nitrogens with two attached hydrogens (primary N) is 3. The van der Waals surface area contributed by atoms with Crippen molar-refractivity contribution in [3.8, 4) is 0 Å². The zero-order valence-electron chi connectivity index (χ0n) is 20.6. The second-order valence-electron chi connectivity index (χ2n) is 8.67. The third-order valence-electron chi connectivity index (χ3n) is 5.76. The summed E-state index contributed by atoms with van der Waals surface area (Å²) < 4.78 is 0. The van der Waals surface area contributed by atoms with E-state index in [2.05, 4.69) is 16.0 Å². The fraction of sp³-hybridized carbons (Fsp3) is 0.818. The lowest BCUT2D eigenvalue weighted by molar-refractivity contribution is -0.142. The molecule has 0 aromatic carbocycles. The monoisotopic (exact) mass is 488 g/mol. The summed E-state index contributed by atoms with van der Waals surface area (Å²) in [7, 11) is 0. The lowest BCUT2D eigenvalue weighted by Crippen LogP contribution is -2.59. The highest BCUT2D eigenvalue weighted by molar-refractivity contribution is 5.94. The van der Waals surface area contributed by atoms with Crippen molar-refractivity contribution < 1.29 is 29.4 Å². The number of amides is 3. The van der Waals surface area contributed by atoms with Crippen LogP contribution in [0.25, 0.3) is 0 Å². The molecule has 0 saturated heterocycles. The van der Waals surface area contributed by atoms with E-state index in [0.29, 0.717) is 45.2 Å². The number of unbranched alkanes of at least 4 members (excludes halogenated alkanes) is 2. The standard InChI is InChI=1S/C22H44N6O6/c1-4-13(2)18(28-20(31)17(25)14(3)29)21(32)26-15(9-5-7-11-23)19(30)27-16(22(33)34)10-6-8-12-24/h13-18,29H,4-12,23-25H2,1-3H3,(H,26,32)(H,27,30)(H,28,31)(H,33,34). The molecule has 0 aromatic rings. The van der Waals surface area contributed by atoms with Crippen LogP contribution in [0, 0.1) is 5.92 Å². The number of carboxylic acid groups (broad SMARTS) is 1. The lowest BCUT2D eigenvalue weighted by atomic mass is 9.96. The van der Waals surface area contributed by atoms with E-state index in [9.17, 15) is 29.4 Å². The number of rotatable bonds is 18. The SMILES string of the molecule is CCC(C)C(NC(=O)C(N)C(C)O)C(=O)NC(CCCCN)C(=O)NC(CCCCN)C(=O)O. The van der Waals surface area contributed by atoms with E-state index >= 15 is 0 Å². The van der Waals surface area contributed by atoms with Crippen LogP contribution < -0.4 is 33.2 Å². The summed E-state index contributed by atoms with van der Waals surface area (Å²) >= 11 is 0. The van der Waals surface area contributed by atoms with E-state index in [1.165, 1.54) is 6.92 Å². The molecule has 12 heteroatoms. The van der Waals surface area contributed by atoms with Crippen LogP contribution in [0.2, 0.25) is 0 Å². The van der Waals surface area contributed by atoms with E-state index in [4.69, 9.17) is 17.2 Å². The van der Waals surface area contributed by atoms with Crippen LogP contribution in [0.1, 0.15) is 65.7 Å². The quantitative estimate of drug-likeness (QED) is 0.105. The minimum absolute atomic E-state index is 0.213. The Morgan fingerprint density at radius 2 is 1.29 bits per heavy atom. The molecule has 0 aliphatic carbocycles. The normalized spacial score (nSPS) is 16.4. The maximum Gasteiger partial charge on any atom is 0.326 e. The summed E-state index contributed by atoms with van der Waals surface area (Å²) in [6.07, 6.45) is 2.21. The van der Waals surface area contributed by atoms with Crippen LogP contribution in [0.3, 0.4) is 0 Å². The van der Waals surface area contributed by atoms with Crippen molar-refractivity contribution >= 4 is 23.7 Å². The van der Waals surface area contributed by atoms with Gasteiger partial charge in [-0.3, -0.25) is 14.4 Å². The molecule has 198 valence electrons. The molecule has 0 fully saturated rings. The van der Waals surface area contributed by atoms with Gasteiger partial charge in [-0.1, -0.05) is 20.3 Å². The van der Waals surface area contributed by atoms with E-state index in [-0.39, 0.29) is 18.8 Å². The molecule has 0 aliphatic heterocycles. The number of nitrogens with one attached hydrogen (secondary N) is 3. The Balaban J connectivity index is 5.52. The van der Waals surface area contributed by atoms with Gasteiger partial charge in [0.25, 0.3) is 0 Å². The maximum atomic E-state index is 13.1. The topological polar surface area (TPSA) is 223 Å². The molecule has 6 atom stereocenters. The van der Waals surface area contributed by atoms with Gasteiger partial charge in [-0.15, -0.1) is 0 Å². The molecule has 6 unspecified atom stereocenters. The van der Waals surface area contributed by atoms with E-state index in [1.807, 2.05) is 6.92 Å². The molecule has 12 nitrogen and oxygen atoms in total. The van der Waals surface area contributed by atoms with Gasteiger partial charge in [0.05, 0.1) is 6.10 Å². The highest BCUT2D eigenvalue weighted by atomic mass is 16.4. The molecular weight excluding hydrogens is 444 g/mol. The molecule has 11 N–H and O–H groups in total. The van der Waals surface area contributed by atoms with Crippen LogP contribution in [0.4, 0.5) is 0 Å². The fourth-order valence-electron chi connectivity index (χ4n) is 3.22. The third kappa shape index (κ3) is 11.7. The number of carbonyl (C=O) groups is 4.